The van der Waals surface area contributed by atoms with E-state index in [0.29, 0.717) is 6.42 Å². The van der Waals surface area contributed by atoms with Gasteiger partial charge in [-0.3, -0.25) is 14.6 Å². The van der Waals surface area contributed by atoms with Gasteiger partial charge in [-0.2, -0.15) is 0 Å². The third-order valence-corrected chi connectivity index (χ3v) is 2.83. The van der Waals surface area contributed by atoms with E-state index in [-0.39, 0.29) is 18.9 Å². The molecular weight excluding hydrogens is 232 g/mol. The quantitative estimate of drug-likeness (QED) is 0.794. The number of nitrogens with zero attached hydrogens (tertiary/aromatic N) is 1. The molecule has 1 unspecified atom stereocenters. The van der Waals surface area contributed by atoms with Crippen LogP contribution in [-0.2, 0) is 16.0 Å². The summed E-state index contributed by atoms with van der Waals surface area (Å²) in [6.07, 6.45) is 2.32. The van der Waals surface area contributed by atoms with Gasteiger partial charge in [-0.25, -0.2) is 0 Å². The molecule has 5 nitrogen and oxygen atoms in total. The lowest BCUT2D eigenvalue weighted by atomic mass is 10.1. The van der Waals surface area contributed by atoms with Crippen LogP contribution in [0.15, 0.2) is 18.3 Å². The lowest BCUT2D eigenvalue weighted by molar-refractivity contribution is -0.141. The number of carbonyl (C=O) groups excluding carboxylic acids is 1. The molecule has 18 heavy (non-hydrogen) atoms. The summed E-state index contributed by atoms with van der Waals surface area (Å²) in [5.41, 5.74) is 1.68. The predicted molar refractivity (Wildman–Crippen MR) is 67.1 cm³/mol. The van der Waals surface area contributed by atoms with Crippen molar-refractivity contribution in [3.63, 3.8) is 0 Å². The van der Waals surface area contributed by atoms with Gasteiger partial charge in [-0.05, 0) is 25.0 Å². The van der Waals surface area contributed by atoms with Crippen molar-refractivity contribution in [3.05, 3.63) is 29.6 Å². The summed E-state index contributed by atoms with van der Waals surface area (Å²) in [5.74, 6) is -1.61. The fraction of sp³-hybridized carbons (Fsp3) is 0.462. The van der Waals surface area contributed by atoms with Crippen molar-refractivity contribution in [3.8, 4) is 0 Å². The largest absolute Gasteiger partial charge is 0.481 e. The van der Waals surface area contributed by atoms with E-state index >= 15 is 0 Å². The van der Waals surface area contributed by atoms with Crippen molar-refractivity contribution >= 4 is 11.9 Å². The van der Waals surface area contributed by atoms with E-state index in [1.807, 2.05) is 19.1 Å². The first-order valence-electron chi connectivity index (χ1n) is 5.94. The molecule has 1 amide bonds. The average Bonchev–Trinajstić information content (AvgIpc) is 2.32. The van der Waals surface area contributed by atoms with Crippen LogP contribution in [-0.4, -0.2) is 28.5 Å². The maximum Gasteiger partial charge on any atom is 0.308 e. The van der Waals surface area contributed by atoms with Gasteiger partial charge in [0.25, 0.3) is 0 Å². The van der Waals surface area contributed by atoms with Gasteiger partial charge in [-0.15, -0.1) is 0 Å². The second-order valence-electron chi connectivity index (χ2n) is 4.19. The van der Waals surface area contributed by atoms with Gasteiger partial charge in [0.05, 0.1) is 18.0 Å². The highest BCUT2D eigenvalue weighted by molar-refractivity contribution is 5.79. The number of carbonyl (C=O) groups is 2. The number of pyridine rings is 1. The van der Waals surface area contributed by atoms with Crippen LogP contribution in [0.2, 0.25) is 0 Å². The number of rotatable bonds is 6. The Bertz CT molecular complexity index is 432. The molecule has 2 N–H and O–H groups in total. The molecule has 1 aromatic heterocycles. The van der Waals surface area contributed by atoms with E-state index < -0.39 is 11.9 Å². The molecule has 0 spiro atoms. The van der Waals surface area contributed by atoms with Crippen LogP contribution in [0.25, 0.3) is 0 Å². The molecule has 0 aliphatic carbocycles. The zero-order valence-electron chi connectivity index (χ0n) is 10.6. The van der Waals surface area contributed by atoms with Crippen molar-refractivity contribution in [1.29, 1.82) is 0 Å². The molecule has 1 heterocycles. The first-order chi connectivity index (χ1) is 8.54. The van der Waals surface area contributed by atoms with Gasteiger partial charge in [0.2, 0.25) is 5.91 Å². The summed E-state index contributed by atoms with van der Waals surface area (Å²) in [6.45, 7) is 3.84. The summed E-state index contributed by atoms with van der Waals surface area (Å²) < 4.78 is 0. The highest BCUT2D eigenvalue weighted by Crippen LogP contribution is 2.04. The molecule has 1 aromatic rings. The highest BCUT2D eigenvalue weighted by Gasteiger charge is 2.16. The van der Waals surface area contributed by atoms with E-state index in [0.717, 1.165) is 11.3 Å². The Balaban J connectivity index is 2.48. The number of hydrogen-bond donors (Lipinski definition) is 2. The van der Waals surface area contributed by atoms with Crippen molar-refractivity contribution in [2.75, 3.05) is 6.54 Å². The Morgan fingerprint density at radius 3 is 2.78 bits per heavy atom. The Morgan fingerprint density at radius 1 is 1.50 bits per heavy atom. The van der Waals surface area contributed by atoms with Gasteiger partial charge in [0, 0.05) is 12.7 Å². The van der Waals surface area contributed by atoms with Crippen LogP contribution in [0.3, 0.4) is 0 Å². The molecule has 0 saturated carbocycles. The molecule has 0 aliphatic rings. The Hall–Kier alpha value is -1.91. The van der Waals surface area contributed by atoms with E-state index in [4.69, 9.17) is 5.11 Å². The van der Waals surface area contributed by atoms with Crippen molar-refractivity contribution in [2.24, 2.45) is 5.92 Å². The minimum absolute atomic E-state index is 0.163. The number of aliphatic carboxylic acids is 1. The highest BCUT2D eigenvalue weighted by atomic mass is 16.4. The predicted octanol–water partition coefficient (Wildman–Crippen LogP) is 1.16. The second-order valence-corrected chi connectivity index (χ2v) is 4.19. The number of amides is 1. The molecule has 98 valence electrons. The summed E-state index contributed by atoms with van der Waals surface area (Å²) in [4.78, 5) is 26.6. The number of aromatic nitrogens is 1. The monoisotopic (exact) mass is 250 g/mol. The number of carboxylic acid groups (broad SMARTS) is 1. The molecule has 0 saturated heterocycles. The third-order valence-electron chi connectivity index (χ3n) is 2.83. The summed E-state index contributed by atoms with van der Waals surface area (Å²) in [5, 5.41) is 11.5. The average molecular weight is 250 g/mol. The zero-order valence-corrected chi connectivity index (χ0v) is 10.6. The number of nitrogens with one attached hydrogen (secondary N) is 1. The van der Waals surface area contributed by atoms with Crippen LogP contribution >= 0.6 is 0 Å². The first kappa shape index (κ1) is 14.2. The van der Waals surface area contributed by atoms with Crippen molar-refractivity contribution in [2.45, 2.75) is 26.7 Å². The summed E-state index contributed by atoms with van der Waals surface area (Å²) in [6, 6.07) is 3.70. The first-order valence-corrected chi connectivity index (χ1v) is 5.94. The molecule has 0 fully saturated rings. The Labute approximate surface area is 106 Å². The smallest absolute Gasteiger partial charge is 0.308 e. The van der Waals surface area contributed by atoms with E-state index in [9.17, 15) is 9.59 Å². The third kappa shape index (κ3) is 4.16. The summed E-state index contributed by atoms with van der Waals surface area (Å²) in [7, 11) is 0. The second kappa shape index (κ2) is 6.74. The standard InChI is InChI=1S/C13H18N2O3/c1-3-10(13(17)18)8-15-12(16)7-11-9(2)5-4-6-14-11/h4-6,10H,3,7-8H2,1-2H3,(H,15,16)(H,17,18). The zero-order chi connectivity index (χ0) is 13.5. The van der Waals surface area contributed by atoms with E-state index in [1.54, 1.807) is 13.1 Å². The number of carboxylic acids is 1. The molecule has 5 heteroatoms. The fourth-order valence-electron chi connectivity index (χ4n) is 1.56. The lowest BCUT2D eigenvalue weighted by Gasteiger charge is -2.11. The van der Waals surface area contributed by atoms with Crippen LogP contribution in [0.5, 0.6) is 0 Å². The maximum absolute atomic E-state index is 11.7. The lowest BCUT2D eigenvalue weighted by Crippen LogP contribution is -2.33. The van der Waals surface area contributed by atoms with Crippen molar-refractivity contribution < 1.29 is 14.7 Å². The SMILES string of the molecule is CCC(CNC(=O)Cc1ncccc1C)C(=O)O. The fourth-order valence-corrected chi connectivity index (χ4v) is 1.56. The van der Waals surface area contributed by atoms with E-state index in [2.05, 4.69) is 10.3 Å². The van der Waals surface area contributed by atoms with E-state index in [1.165, 1.54) is 0 Å². The van der Waals surface area contributed by atoms with Gasteiger partial charge in [0.1, 0.15) is 0 Å². The van der Waals surface area contributed by atoms with Crippen LogP contribution in [0, 0.1) is 12.8 Å². The topological polar surface area (TPSA) is 79.3 Å². The normalized spacial score (nSPS) is 11.9. The van der Waals surface area contributed by atoms with Gasteiger partial charge < -0.3 is 10.4 Å². The van der Waals surface area contributed by atoms with Gasteiger partial charge >= 0.3 is 5.97 Å². The minimum atomic E-state index is -0.883. The number of aryl methyl sites for hydroxylation is 1. The van der Waals surface area contributed by atoms with Crippen molar-refractivity contribution in [1.82, 2.24) is 10.3 Å². The number of hydrogen-bond acceptors (Lipinski definition) is 3. The van der Waals surface area contributed by atoms with Crippen LogP contribution in [0.4, 0.5) is 0 Å². The molecule has 1 rings (SSSR count). The molecule has 0 aromatic carbocycles. The summed E-state index contributed by atoms with van der Waals surface area (Å²) >= 11 is 0. The molecule has 0 aliphatic heterocycles. The maximum atomic E-state index is 11.7. The van der Waals surface area contributed by atoms with Crippen LogP contribution in [0.1, 0.15) is 24.6 Å². The molecule has 1 atom stereocenters. The Morgan fingerprint density at radius 2 is 2.22 bits per heavy atom. The molecular formula is C13H18N2O3. The molecule has 0 bridgehead atoms. The molecule has 0 radical (unpaired) electrons. The van der Waals surface area contributed by atoms with Crippen LogP contribution < -0.4 is 5.32 Å². The van der Waals surface area contributed by atoms with Gasteiger partial charge in [0.15, 0.2) is 0 Å². The minimum Gasteiger partial charge on any atom is -0.481 e. The van der Waals surface area contributed by atoms with Gasteiger partial charge in [-0.1, -0.05) is 13.0 Å². The Kier molecular flexibility index (Phi) is 5.30.